The third-order valence-corrected chi connectivity index (χ3v) is 3.71. The zero-order valence-electron chi connectivity index (χ0n) is 14.0. The van der Waals surface area contributed by atoms with Crippen molar-refractivity contribution in [2.24, 2.45) is 0 Å². The summed E-state index contributed by atoms with van der Waals surface area (Å²) in [6, 6.07) is 1.45. The highest BCUT2D eigenvalue weighted by Crippen LogP contribution is 2.54. The molecule has 2 N–H and O–H groups in total. The van der Waals surface area contributed by atoms with Gasteiger partial charge in [-0.05, 0) is 18.9 Å². The first kappa shape index (κ1) is 25.3. The van der Waals surface area contributed by atoms with Crippen molar-refractivity contribution in [1.29, 1.82) is 0 Å². The minimum atomic E-state index is -6.97. The minimum absolute atomic E-state index is 0.616. The van der Waals surface area contributed by atoms with Crippen molar-refractivity contribution >= 4 is 12.6 Å². The van der Waals surface area contributed by atoms with Gasteiger partial charge in [0.15, 0.2) is 17.4 Å². The summed E-state index contributed by atoms with van der Waals surface area (Å²) in [5.41, 5.74) is -0.845. The number of unbranched alkanes of at least 4 members (excludes halogenated alkanes) is 1. The molecule has 0 radical (unpaired) electrons. The molecule has 0 spiro atoms. The van der Waals surface area contributed by atoms with E-state index in [-0.39, 0.29) is 0 Å². The molecule has 0 saturated carbocycles. The second kappa shape index (κ2) is 8.54. The van der Waals surface area contributed by atoms with Gasteiger partial charge < -0.3 is 14.8 Å². The van der Waals surface area contributed by atoms with Gasteiger partial charge in [0.2, 0.25) is 0 Å². The van der Waals surface area contributed by atoms with Gasteiger partial charge in [0.05, 0.1) is 6.61 Å². The third kappa shape index (κ3) is 5.05. The van der Waals surface area contributed by atoms with Gasteiger partial charge >= 0.3 is 31.1 Å². The topological polar surface area (TPSA) is 49.7 Å². The molecule has 29 heavy (non-hydrogen) atoms. The molecule has 0 aliphatic carbocycles. The SMILES string of the molecule is OB(O)c1ccc(OCCCCC(F)(F)C(F)(F)C(F)(F)C(F)(F)F)c(F)c1F. The van der Waals surface area contributed by atoms with Gasteiger partial charge in [0.1, 0.15) is 0 Å². The van der Waals surface area contributed by atoms with E-state index in [4.69, 9.17) is 10.0 Å². The van der Waals surface area contributed by atoms with Gasteiger partial charge in [0, 0.05) is 11.9 Å². The van der Waals surface area contributed by atoms with Gasteiger partial charge in [-0.25, -0.2) is 4.39 Å². The Balaban J connectivity index is 2.67. The van der Waals surface area contributed by atoms with E-state index in [0.717, 1.165) is 6.07 Å². The molecule has 1 aromatic carbocycles. The molecule has 0 fully saturated rings. The van der Waals surface area contributed by atoms with Crippen LogP contribution in [0.3, 0.4) is 0 Å². The van der Waals surface area contributed by atoms with Gasteiger partial charge in [-0.1, -0.05) is 6.07 Å². The van der Waals surface area contributed by atoms with Crippen molar-refractivity contribution in [3.63, 3.8) is 0 Å². The maximum Gasteiger partial charge on any atom is 0.491 e. The highest BCUT2D eigenvalue weighted by atomic mass is 19.4. The number of alkyl halides is 9. The predicted octanol–water partition coefficient (Wildman–Crippen LogP) is 3.66. The monoisotopic (exact) mass is 448 g/mol. The van der Waals surface area contributed by atoms with Crippen LogP contribution in [0.5, 0.6) is 5.75 Å². The van der Waals surface area contributed by atoms with Crippen LogP contribution < -0.4 is 10.2 Å². The second-order valence-electron chi connectivity index (χ2n) is 5.81. The Morgan fingerprint density at radius 1 is 0.793 bits per heavy atom. The largest absolute Gasteiger partial charge is 0.491 e. The van der Waals surface area contributed by atoms with E-state index >= 15 is 0 Å². The van der Waals surface area contributed by atoms with Crippen LogP contribution in [0.1, 0.15) is 19.3 Å². The van der Waals surface area contributed by atoms with Gasteiger partial charge in [-0.15, -0.1) is 0 Å². The molecule has 0 aliphatic heterocycles. The molecular formula is C14H12BF11O3. The van der Waals surface area contributed by atoms with Crippen molar-refractivity contribution in [3.05, 3.63) is 23.8 Å². The highest BCUT2D eigenvalue weighted by Gasteiger charge is 2.81. The summed E-state index contributed by atoms with van der Waals surface area (Å²) in [5, 5.41) is 17.5. The Kier molecular flexibility index (Phi) is 7.44. The van der Waals surface area contributed by atoms with E-state index in [2.05, 4.69) is 4.74 Å². The van der Waals surface area contributed by atoms with Gasteiger partial charge in [-0.2, -0.15) is 43.9 Å². The lowest BCUT2D eigenvalue weighted by Gasteiger charge is -2.33. The van der Waals surface area contributed by atoms with Crippen LogP contribution in [0.25, 0.3) is 0 Å². The minimum Gasteiger partial charge on any atom is -0.490 e. The Morgan fingerprint density at radius 2 is 1.34 bits per heavy atom. The molecule has 0 atom stereocenters. The fourth-order valence-electron chi connectivity index (χ4n) is 2.05. The summed E-state index contributed by atoms with van der Waals surface area (Å²) in [6.45, 7) is -0.714. The van der Waals surface area contributed by atoms with Gasteiger partial charge in [0.25, 0.3) is 0 Å². The summed E-state index contributed by atoms with van der Waals surface area (Å²) in [7, 11) is -2.35. The Bertz CT molecular complexity index is 707. The van der Waals surface area contributed by atoms with E-state index in [0.29, 0.717) is 6.07 Å². The number of ether oxygens (including phenoxy) is 1. The molecule has 0 aliphatic rings. The lowest BCUT2D eigenvalue weighted by Crippen LogP contribution is -2.60. The van der Waals surface area contributed by atoms with Crippen LogP contribution in [-0.4, -0.2) is 47.7 Å². The molecule has 0 unspecified atom stereocenters. The van der Waals surface area contributed by atoms with Crippen LogP contribution in [0, 0.1) is 11.6 Å². The van der Waals surface area contributed by atoms with Crippen molar-refractivity contribution in [1.82, 2.24) is 0 Å². The average molecular weight is 448 g/mol. The summed E-state index contributed by atoms with van der Waals surface area (Å²) < 4.78 is 146. The summed E-state index contributed by atoms with van der Waals surface area (Å²) in [4.78, 5) is 0. The van der Waals surface area contributed by atoms with E-state index in [1.807, 2.05) is 0 Å². The molecule has 166 valence electrons. The standard InChI is InChI=1S/C14H12BF11O3/c16-9-7(15(27)28)3-4-8(10(9)17)29-6-2-1-5-11(18,19)12(20,21)13(22,23)14(24,25)26/h3-4,27-28H,1-2,5-6H2. The van der Waals surface area contributed by atoms with E-state index in [1.165, 1.54) is 0 Å². The molecule has 3 nitrogen and oxygen atoms in total. The quantitative estimate of drug-likeness (QED) is 0.345. The van der Waals surface area contributed by atoms with Crippen molar-refractivity contribution in [2.45, 2.75) is 43.2 Å². The van der Waals surface area contributed by atoms with Crippen LogP contribution in [0.4, 0.5) is 48.3 Å². The maximum atomic E-state index is 13.6. The molecule has 1 aromatic rings. The molecule has 0 aromatic heterocycles. The molecule has 0 amide bonds. The molecule has 0 bridgehead atoms. The zero-order valence-corrected chi connectivity index (χ0v) is 14.0. The maximum absolute atomic E-state index is 13.6. The van der Waals surface area contributed by atoms with Crippen molar-refractivity contribution < 1.29 is 63.1 Å². The highest BCUT2D eigenvalue weighted by molar-refractivity contribution is 6.58. The second-order valence-corrected chi connectivity index (χ2v) is 5.81. The van der Waals surface area contributed by atoms with Gasteiger partial charge in [-0.3, -0.25) is 0 Å². The lowest BCUT2D eigenvalue weighted by atomic mass is 9.80. The first-order chi connectivity index (χ1) is 13.0. The van der Waals surface area contributed by atoms with Crippen molar-refractivity contribution in [2.75, 3.05) is 6.61 Å². The number of halogens is 11. The van der Waals surface area contributed by atoms with Crippen LogP contribution >= 0.6 is 0 Å². The fraction of sp³-hybridized carbons (Fsp3) is 0.571. The Morgan fingerprint density at radius 3 is 1.83 bits per heavy atom. The number of benzene rings is 1. The molecule has 15 heteroatoms. The number of rotatable bonds is 9. The molecule has 1 rings (SSSR count). The first-order valence-corrected chi connectivity index (χ1v) is 7.64. The fourth-order valence-corrected chi connectivity index (χ4v) is 2.05. The summed E-state index contributed by atoms with van der Waals surface area (Å²) >= 11 is 0. The van der Waals surface area contributed by atoms with E-state index < -0.39 is 79.8 Å². The first-order valence-electron chi connectivity index (χ1n) is 7.64. The summed E-state index contributed by atoms with van der Waals surface area (Å²) in [6.07, 6.45) is -10.6. The molecular weight excluding hydrogens is 436 g/mol. The molecule has 0 saturated heterocycles. The van der Waals surface area contributed by atoms with Crippen LogP contribution in [-0.2, 0) is 0 Å². The smallest absolute Gasteiger partial charge is 0.490 e. The van der Waals surface area contributed by atoms with Crippen LogP contribution in [0.2, 0.25) is 0 Å². The summed E-state index contributed by atoms with van der Waals surface area (Å²) in [5.74, 6) is -23.6. The average Bonchev–Trinajstić information content (AvgIpc) is 2.56. The van der Waals surface area contributed by atoms with E-state index in [1.54, 1.807) is 0 Å². The van der Waals surface area contributed by atoms with Crippen molar-refractivity contribution in [3.8, 4) is 5.75 Å². The number of hydrogen-bond acceptors (Lipinski definition) is 3. The third-order valence-electron chi connectivity index (χ3n) is 3.71. The number of hydrogen-bond donors (Lipinski definition) is 2. The Hall–Kier alpha value is -1.77. The van der Waals surface area contributed by atoms with Crippen LogP contribution in [0.15, 0.2) is 12.1 Å². The predicted molar refractivity (Wildman–Crippen MR) is 76.4 cm³/mol. The molecule has 0 heterocycles. The Labute approximate surface area is 156 Å². The normalized spacial score (nSPS) is 13.6. The van der Waals surface area contributed by atoms with E-state index in [9.17, 15) is 48.3 Å². The lowest BCUT2D eigenvalue weighted by molar-refractivity contribution is -0.396. The zero-order chi connectivity index (χ0) is 22.8.